The molecule has 1 unspecified atom stereocenters. The fourth-order valence-electron chi connectivity index (χ4n) is 4.31. The van der Waals surface area contributed by atoms with E-state index >= 15 is 0 Å². The van der Waals surface area contributed by atoms with Crippen LogP contribution in [0.4, 0.5) is 4.39 Å². The largest absolute Gasteiger partial charge is 0.368 e. The van der Waals surface area contributed by atoms with E-state index in [1.165, 1.54) is 12.1 Å². The molecule has 2 atom stereocenters. The highest BCUT2D eigenvalue weighted by Gasteiger charge is 2.52. The highest BCUT2D eigenvalue weighted by molar-refractivity contribution is 5.88. The van der Waals surface area contributed by atoms with E-state index in [0.29, 0.717) is 39.2 Å². The Morgan fingerprint density at radius 3 is 2.92 bits per heavy atom. The first-order valence-corrected chi connectivity index (χ1v) is 9.02. The normalized spacial score (nSPS) is 29.2. The molecule has 3 aliphatic rings. The monoisotopic (exact) mass is 346 g/mol. The fourth-order valence-corrected chi connectivity index (χ4v) is 4.31. The van der Waals surface area contributed by atoms with E-state index in [1.807, 2.05) is 6.07 Å². The molecule has 2 amide bonds. The molecule has 4 rings (SSSR count). The van der Waals surface area contributed by atoms with Crippen LogP contribution in [0.1, 0.15) is 31.2 Å². The van der Waals surface area contributed by atoms with E-state index in [1.54, 1.807) is 15.9 Å². The Bertz CT molecular complexity index is 689. The lowest BCUT2D eigenvalue weighted by Crippen LogP contribution is -2.41. The van der Waals surface area contributed by atoms with Gasteiger partial charge in [-0.1, -0.05) is 12.1 Å². The molecule has 1 aromatic rings. The van der Waals surface area contributed by atoms with Gasteiger partial charge in [0, 0.05) is 32.8 Å². The molecule has 0 bridgehead atoms. The van der Waals surface area contributed by atoms with Gasteiger partial charge in [0.25, 0.3) is 5.91 Å². The second-order valence-electron chi connectivity index (χ2n) is 7.40. The molecule has 134 valence electrons. The molecule has 0 N–H and O–H groups in total. The molecule has 1 spiro atoms. The Morgan fingerprint density at radius 1 is 1.32 bits per heavy atom. The van der Waals surface area contributed by atoms with Crippen molar-refractivity contribution < 1.29 is 18.7 Å². The van der Waals surface area contributed by atoms with Gasteiger partial charge < -0.3 is 14.5 Å². The average Bonchev–Trinajstić information content (AvgIpc) is 3.33. The minimum atomic E-state index is -0.457. The number of rotatable bonds is 3. The van der Waals surface area contributed by atoms with Crippen LogP contribution in [0.15, 0.2) is 24.3 Å². The van der Waals surface area contributed by atoms with Crippen molar-refractivity contribution in [1.29, 1.82) is 0 Å². The van der Waals surface area contributed by atoms with Crippen molar-refractivity contribution in [2.45, 2.75) is 38.3 Å². The number of nitrogens with zero attached hydrogens (tertiary/aromatic N) is 2. The summed E-state index contributed by atoms with van der Waals surface area (Å²) in [5, 5.41) is 0. The standard InChI is InChI=1S/C19H23FN2O3/c20-15-4-1-3-14(11-15)12-21-8-6-19(18(21)24)7-9-22(13-19)17(23)16-5-2-10-25-16/h1,3-4,11,16H,2,5-10,12-13H2/t16-,19?/m1/s1. The number of amides is 2. The number of carbonyl (C=O) groups is 2. The molecular formula is C19H23FN2O3. The Hall–Kier alpha value is -1.95. The van der Waals surface area contributed by atoms with Crippen LogP contribution >= 0.6 is 0 Å². The summed E-state index contributed by atoms with van der Waals surface area (Å²) < 4.78 is 18.9. The SMILES string of the molecule is O=C([C@H]1CCCO1)N1CCC2(CCN(Cc3cccc(F)c3)C2=O)C1. The van der Waals surface area contributed by atoms with Gasteiger partial charge in [0.05, 0.1) is 5.41 Å². The summed E-state index contributed by atoms with van der Waals surface area (Å²) in [5.41, 5.74) is 0.345. The molecule has 25 heavy (non-hydrogen) atoms. The van der Waals surface area contributed by atoms with Crippen molar-refractivity contribution in [1.82, 2.24) is 9.80 Å². The number of likely N-dealkylation sites (tertiary alicyclic amines) is 2. The lowest BCUT2D eigenvalue weighted by atomic mass is 9.85. The molecule has 3 heterocycles. The maximum absolute atomic E-state index is 13.4. The molecule has 5 nitrogen and oxygen atoms in total. The number of hydrogen-bond donors (Lipinski definition) is 0. The zero-order chi connectivity index (χ0) is 17.4. The van der Waals surface area contributed by atoms with Crippen molar-refractivity contribution in [3.63, 3.8) is 0 Å². The van der Waals surface area contributed by atoms with Gasteiger partial charge in [-0.05, 0) is 43.4 Å². The van der Waals surface area contributed by atoms with Gasteiger partial charge in [0.2, 0.25) is 5.91 Å². The minimum Gasteiger partial charge on any atom is -0.368 e. The molecule has 6 heteroatoms. The predicted molar refractivity (Wildman–Crippen MR) is 89.0 cm³/mol. The maximum Gasteiger partial charge on any atom is 0.251 e. The summed E-state index contributed by atoms with van der Waals surface area (Å²) >= 11 is 0. The van der Waals surface area contributed by atoms with E-state index in [0.717, 1.165) is 24.8 Å². The van der Waals surface area contributed by atoms with Crippen molar-refractivity contribution in [2.75, 3.05) is 26.2 Å². The fraction of sp³-hybridized carbons (Fsp3) is 0.579. The first-order valence-electron chi connectivity index (χ1n) is 9.02. The Morgan fingerprint density at radius 2 is 2.16 bits per heavy atom. The van der Waals surface area contributed by atoms with Crippen LogP contribution in [0.2, 0.25) is 0 Å². The lowest BCUT2D eigenvalue weighted by molar-refractivity contribution is -0.141. The number of ether oxygens (including phenoxy) is 1. The second-order valence-corrected chi connectivity index (χ2v) is 7.40. The highest BCUT2D eigenvalue weighted by atomic mass is 19.1. The third-order valence-electron chi connectivity index (χ3n) is 5.73. The molecule has 0 aliphatic carbocycles. The maximum atomic E-state index is 13.4. The van der Waals surface area contributed by atoms with Crippen LogP contribution in [0.25, 0.3) is 0 Å². The second kappa shape index (κ2) is 6.41. The van der Waals surface area contributed by atoms with Gasteiger partial charge in [-0.3, -0.25) is 9.59 Å². The molecule has 0 radical (unpaired) electrons. The Kier molecular flexibility index (Phi) is 4.23. The van der Waals surface area contributed by atoms with E-state index in [-0.39, 0.29) is 23.7 Å². The zero-order valence-electron chi connectivity index (χ0n) is 14.2. The summed E-state index contributed by atoms with van der Waals surface area (Å²) in [4.78, 5) is 29.1. The number of benzene rings is 1. The van der Waals surface area contributed by atoms with E-state index in [2.05, 4.69) is 0 Å². The topological polar surface area (TPSA) is 49.9 Å². The molecule has 0 aromatic heterocycles. The molecule has 3 saturated heterocycles. The highest BCUT2D eigenvalue weighted by Crippen LogP contribution is 2.41. The quantitative estimate of drug-likeness (QED) is 0.841. The minimum absolute atomic E-state index is 0.0331. The van der Waals surface area contributed by atoms with Gasteiger partial charge in [-0.15, -0.1) is 0 Å². The number of hydrogen-bond acceptors (Lipinski definition) is 3. The van der Waals surface area contributed by atoms with Gasteiger partial charge in [0.1, 0.15) is 11.9 Å². The van der Waals surface area contributed by atoms with Crippen LogP contribution in [-0.2, 0) is 20.9 Å². The van der Waals surface area contributed by atoms with Crippen LogP contribution in [-0.4, -0.2) is 54.0 Å². The molecule has 3 fully saturated rings. The Balaban J connectivity index is 1.42. The molecule has 1 aromatic carbocycles. The van der Waals surface area contributed by atoms with Gasteiger partial charge in [-0.2, -0.15) is 0 Å². The van der Waals surface area contributed by atoms with Crippen LogP contribution < -0.4 is 0 Å². The Labute approximate surface area is 146 Å². The first-order chi connectivity index (χ1) is 12.1. The number of carbonyl (C=O) groups excluding carboxylic acids is 2. The molecular weight excluding hydrogens is 323 g/mol. The number of halogens is 1. The van der Waals surface area contributed by atoms with Crippen molar-refractivity contribution in [2.24, 2.45) is 5.41 Å². The average molecular weight is 346 g/mol. The van der Waals surface area contributed by atoms with Crippen LogP contribution in [0.5, 0.6) is 0 Å². The van der Waals surface area contributed by atoms with Crippen molar-refractivity contribution in [3.8, 4) is 0 Å². The van der Waals surface area contributed by atoms with Crippen molar-refractivity contribution >= 4 is 11.8 Å². The van der Waals surface area contributed by atoms with Crippen LogP contribution in [0.3, 0.4) is 0 Å². The third kappa shape index (κ3) is 3.03. The molecule has 3 aliphatic heterocycles. The summed E-state index contributed by atoms with van der Waals surface area (Å²) in [6.07, 6.45) is 2.85. The third-order valence-corrected chi connectivity index (χ3v) is 5.73. The van der Waals surface area contributed by atoms with E-state index in [9.17, 15) is 14.0 Å². The van der Waals surface area contributed by atoms with Gasteiger partial charge in [-0.25, -0.2) is 4.39 Å². The molecule has 0 saturated carbocycles. The van der Waals surface area contributed by atoms with Crippen LogP contribution in [0, 0.1) is 11.2 Å². The van der Waals surface area contributed by atoms with Gasteiger partial charge in [0.15, 0.2) is 0 Å². The predicted octanol–water partition coefficient (Wildman–Crippen LogP) is 1.96. The summed E-state index contributed by atoms with van der Waals surface area (Å²) in [7, 11) is 0. The van der Waals surface area contributed by atoms with E-state index in [4.69, 9.17) is 4.74 Å². The summed E-state index contributed by atoms with van der Waals surface area (Å²) in [6, 6.07) is 6.38. The van der Waals surface area contributed by atoms with E-state index < -0.39 is 5.41 Å². The summed E-state index contributed by atoms with van der Waals surface area (Å²) in [5.74, 6) is -0.154. The summed E-state index contributed by atoms with van der Waals surface area (Å²) in [6.45, 7) is 2.85. The first kappa shape index (κ1) is 16.5. The smallest absolute Gasteiger partial charge is 0.251 e. The van der Waals surface area contributed by atoms with Gasteiger partial charge >= 0.3 is 0 Å². The lowest BCUT2D eigenvalue weighted by Gasteiger charge is -2.25. The zero-order valence-corrected chi connectivity index (χ0v) is 14.2. The van der Waals surface area contributed by atoms with Crippen molar-refractivity contribution in [3.05, 3.63) is 35.6 Å².